The predicted molar refractivity (Wildman–Crippen MR) is 82.3 cm³/mol. The van der Waals surface area contributed by atoms with E-state index < -0.39 is 57.2 Å². The molecule has 0 saturated carbocycles. The lowest BCUT2D eigenvalue weighted by atomic mass is 10.1. The van der Waals surface area contributed by atoms with Gasteiger partial charge in [0.25, 0.3) is 5.56 Å². The van der Waals surface area contributed by atoms with Gasteiger partial charge in [-0.05, 0) is 12.1 Å². The molecular weight excluding hydrogens is 445 g/mol. The molecule has 0 spiro atoms. The van der Waals surface area contributed by atoms with Gasteiger partial charge >= 0.3 is 18.5 Å². The molecule has 2 aromatic rings. The van der Waals surface area contributed by atoms with Gasteiger partial charge in [0.1, 0.15) is 5.69 Å². The topological polar surface area (TPSA) is 39.3 Å². The van der Waals surface area contributed by atoms with Gasteiger partial charge in [0, 0.05) is 20.2 Å². The second kappa shape index (κ2) is 7.11. The molecule has 0 aliphatic carbocycles. The number of rotatable bonds is 1. The van der Waals surface area contributed by atoms with Gasteiger partial charge in [-0.25, -0.2) is 4.99 Å². The van der Waals surface area contributed by atoms with E-state index in [4.69, 9.17) is 11.6 Å². The van der Waals surface area contributed by atoms with Crippen LogP contribution in [0.2, 0.25) is 5.02 Å². The van der Waals surface area contributed by atoms with Crippen molar-refractivity contribution in [1.29, 1.82) is 0 Å². The van der Waals surface area contributed by atoms with Crippen LogP contribution < -0.4 is 11.2 Å². The fourth-order valence-corrected chi connectivity index (χ4v) is 2.59. The molecule has 0 N–H and O–H groups in total. The number of halogens is 10. The molecule has 0 unspecified atom stereocenters. The maximum Gasteiger partial charge on any atom is 0.431 e. The van der Waals surface area contributed by atoms with Crippen molar-refractivity contribution < 1.29 is 39.5 Å². The van der Waals surface area contributed by atoms with E-state index >= 15 is 0 Å². The summed E-state index contributed by atoms with van der Waals surface area (Å²) >= 11 is 5.54. The van der Waals surface area contributed by atoms with Gasteiger partial charge in [0.2, 0.25) is 5.62 Å². The number of benzene rings is 1. The van der Waals surface area contributed by atoms with Crippen LogP contribution in [0.25, 0.3) is 0 Å². The van der Waals surface area contributed by atoms with Gasteiger partial charge in [-0.15, -0.1) is 0 Å². The standard InChI is InChI=1S/C15H9ClF9N3O/c1-27-9(15(23,24)25)5-10(29)28(2)12(27)26-8-4-6(13(17,18)19)3-7(11(8)16)14(20,21)22/h3-5H,1-2H3. The Morgan fingerprint density at radius 2 is 1.38 bits per heavy atom. The average Bonchev–Trinajstić information content (AvgIpc) is 2.53. The van der Waals surface area contributed by atoms with Gasteiger partial charge in [0.05, 0.1) is 21.8 Å². The predicted octanol–water partition coefficient (Wildman–Crippen LogP) is 4.67. The van der Waals surface area contributed by atoms with Crippen molar-refractivity contribution in [3.05, 3.63) is 56.0 Å². The van der Waals surface area contributed by atoms with E-state index in [0.717, 1.165) is 14.1 Å². The lowest BCUT2D eigenvalue weighted by Crippen LogP contribution is -2.40. The highest BCUT2D eigenvalue weighted by atomic mass is 35.5. The fraction of sp³-hybridized carbons (Fsp3) is 0.333. The largest absolute Gasteiger partial charge is 0.431 e. The number of aromatic nitrogens is 2. The minimum Gasteiger partial charge on any atom is -0.310 e. The molecule has 0 radical (unpaired) electrons. The van der Waals surface area contributed by atoms with Crippen molar-refractivity contribution in [2.24, 2.45) is 19.1 Å². The molecule has 1 aromatic heterocycles. The first-order chi connectivity index (χ1) is 12.9. The van der Waals surface area contributed by atoms with Gasteiger partial charge in [0.15, 0.2) is 0 Å². The van der Waals surface area contributed by atoms with E-state index in [1.165, 1.54) is 0 Å². The zero-order valence-corrected chi connectivity index (χ0v) is 15.0. The monoisotopic (exact) mass is 453 g/mol. The lowest BCUT2D eigenvalue weighted by Gasteiger charge is -2.16. The van der Waals surface area contributed by atoms with Gasteiger partial charge in [-0.2, -0.15) is 39.5 Å². The minimum absolute atomic E-state index is 0.141. The van der Waals surface area contributed by atoms with Crippen LogP contribution in [0.3, 0.4) is 0 Å². The summed E-state index contributed by atoms with van der Waals surface area (Å²) in [6.45, 7) is 0. The quantitative estimate of drug-likeness (QED) is 0.579. The third-order valence-electron chi connectivity index (χ3n) is 3.75. The highest BCUT2D eigenvalue weighted by Crippen LogP contribution is 2.43. The molecule has 4 nitrogen and oxygen atoms in total. The Morgan fingerprint density at radius 3 is 1.83 bits per heavy atom. The first-order valence-corrected chi connectivity index (χ1v) is 7.69. The molecule has 29 heavy (non-hydrogen) atoms. The van der Waals surface area contributed by atoms with E-state index in [2.05, 4.69) is 4.99 Å². The summed E-state index contributed by atoms with van der Waals surface area (Å²) in [5.41, 5.74) is -8.40. The van der Waals surface area contributed by atoms with Gasteiger partial charge in [-0.1, -0.05) is 11.6 Å². The zero-order chi connectivity index (χ0) is 22.5. The van der Waals surface area contributed by atoms with E-state index in [0.29, 0.717) is 9.13 Å². The zero-order valence-electron chi connectivity index (χ0n) is 14.3. The summed E-state index contributed by atoms with van der Waals surface area (Å²) in [5, 5.41) is -1.27. The van der Waals surface area contributed by atoms with Gasteiger partial charge < -0.3 is 4.57 Å². The summed E-state index contributed by atoms with van der Waals surface area (Å²) < 4.78 is 118. The lowest BCUT2D eigenvalue weighted by molar-refractivity contribution is -0.144. The van der Waals surface area contributed by atoms with Crippen molar-refractivity contribution in [3.63, 3.8) is 0 Å². The Kier molecular flexibility index (Phi) is 5.60. The maximum atomic E-state index is 13.1. The van der Waals surface area contributed by atoms with Gasteiger partial charge in [-0.3, -0.25) is 9.36 Å². The summed E-state index contributed by atoms with van der Waals surface area (Å²) in [5.74, 6) is 0. The van der Waals surface area contributed by atoms with E-state index in [9.17, 15) is 44.3 Å². The van der Waals surface area contributed by atoms with Crippen LogP contribution in [0.15, 0.2) is 28.0 Å². The fourth-order valence-electron chi connectivity index (χ4n) is 2.33. The van der Waals surface area contributed by atoms with Crippen molar-refractivity contribution in [2.45, 2.75) is 18.5 Å². The first-order valence-electron chi connectivity index (χ1n) is 7.31. The normalized spacial score (nSPS) is 13.9. The summed E-state index contributed by atoms with van der Waals surface area (Å²) in [6.07, 6.45) is -15.6. The Labute approximate surface area is 160 Å². The van der Waals surface area contributed by atoms with Crippen molar-refractivity contribution in [3.8, 4) is 0 Å². The first kappa shape index (κ1) is 22.8. The Hall–Kier alpha value is -2.44. The molecule has 0 amide bonds. The second-order valence-corrected chi connectivity index (χ2v) is 6.13. The van der Waals surface area contributed by atoms with Crippen LogP contribution in [-0.2, 0) is 32.6 Å². The van der Waals surface area contributed by atoms with Crippen LogP contribution in [0.1, 0.15) is 16.8 Å². The highest BCUT2D eigenvalue weighted by molar-refractivity contribution is 6.33. The molecule has 0 bridgehead atoms. The highest BCUT2D eigenvalue weighted by Gasteiger charge is 2.39. The van der Waals surface area contributed by atoms with Crippen LogP contribution in [-0.4, -0.2) is 9.13 Å². The summed E-state index contributed by atoms with van der Waals surface area (Å²) in [7, 11) is 1.72. The molecule has 160 valence electrons. The van der Waals surface area contributed by atoms with E-state index in [-0.39, 0.29) is 18.2 Å². The van der Waals surface area contributed by atoms with E-state index in [1.54, 1.807) is 0 Å². The molecule has 2 rings (SSSR count). The molecule has 14 heteroatoms. The molecule has 1 aromatic carbocycles. The minimum atomic E-state index is -5.30. The number of alkyl halides is 9. The average molecular weight is 454 g/mol. The second-order valence-electron chi connectivity index (χ2n) is 5.75. The number of nitrogens with zero attached hydrogens (tertiary/aromatic N) is 3. The number of hydrogen-bond acceptors (Lipinski definition) is 2. The van der Waals surface area contributed by atoms with Crippen LogP contribution >= 0.6 is 11.6 Å². The molecule has 0 aliphatic rings. The van der Waals surface area contributed by atoms with Crippen LogP contribution in [0, 0.1) is 0 Å². The van der Waals surface area contributed by atoms with Crippen LogP contribution in [0.5, 0.6) is 0 Å². The Balaban J connectivity index is 2.99. The van der Waals surface area contributed by atoms with Crippen molar-refractivity contribution in [1.82, 2.24) is 9.13 Å². The molecule has 0 saturated heterocycles. The van der Waals surface area contributed by atoms with E-state index in [1.807, 2.05) is 0 Å². The summed E-state index contributed by atoms with van der Waals surface area (Å²) in [6, 6.07) is 0.0999. The van der Waals surface area contributed by atoms with Crippen LogP contribution in [0.4, 0.5) is 45.2 Å². The maximum absolute atomic E-state index is 13.1. The molecular formula is C15H9ClF9N3O. The third kappa shape index (κ3) is 4.60. The van der Waals surface area contributed by atoms with Crippen molar-refractivity contribution in [2.75, 3.05) is 0 Å². The molecule has 0 aliphatic heterocycles. The SMILES string of the molecule is Cn1c(C(F)(F)F)cc(=O)n(C)c1=Nc1cc(C(F)(F)F)cc(C(F)(F)F)c1Cl. The summed E-state index contributed by atoms with van der Waals surface area (Å²) in [4.78, 5) is 15.2. The third-order valence-corrected chi connectivity index (χ3v) is 4.15. The Morgan fingerprint density at radius 1 is 0.828 bits per heavy atom. The smallest absolute Gasteiger partial charge is 0.310 e. The number of hydrogen-bond donors (Lipinski definition) is 0. The molecule has 1 heterocycles. The Bertz CT molecular complexity index is 1080. The molecule has 0 fully saturated rings. The van der Waals surface area contributed by atoms with Crippen molar-refractivity contribution >= 4 is 17.3 Å². The molecule has 0 atom stereocenters.